The van der Waals surface area contributed by atoms with Crippen LogP contribution in [-0.4, -0.2) is 0 Å². The van der Waals surface area contributed by atoms with Crippen molar-refractivity contribution in [3.8, 4) is 0 Å². The fraction of sp³-hybridized carbons (Fsp3) is 0.333. The summed E-state index contributed by atoms with van der Waals surface area (Å²) in [5, 5.41) is -0.155. The molecule has 0 aliphatic heterocycles. The largest absolute Gasteiger partial charge is 0.464 e. The summed E-state index contributed by atoms with van der Waals surface area (Å²) in [5.74, 6) is 1.74. The van der Waals surface area contributed by atoms with Crippen molar-refractivity contribution in [2.45, 2.75) is 26.1 Å². The molecule has 0 aromatic carbocycles. The number of alkyl halides is 1. The molecule has 2 aromatic rings. The van der Waals surface area contributed by atoms with E-state index in [1.165, 1.54) is 15.3 Å². The zero-order valence-corrected chi connectivity index (χ0v) is 10.6. The minimum absolute atomic E-state index is 0.155. The van der Waals surface area contributed by atoms with E-state index in [0.717, 1.165) is 11.5 Å². The molecule has 0 amide bonds. The summed E-state index contributed by atoms with van der Waals surface area (Å²) in [6.45, 7) is 6.11. The zero-order valence-electron chi connectivity index (χ0n) is 9.00. The van der Waals surface area contributed by atoms with Gasteiger partial charge in [-0.05, 0) is 44.5 Å². The Morgan fingerprint density at radius 1 is 1.27 bits per heavy atom. The quantitative estimate of drug-likeness (QED) is 0.700. The van der Waals surface area contributed by atoms with E-state index in [-0.39, 0.29) is 5.38 Å². The van der Waals surface area contributed by atoms with Gasteiger partial charge in [-0.25, -0.2) is 0 Å². The van der Waals surface area contributed by atoms with Gasteiger partial charge in [0.1, 0.15) is 16.9 Å². The van der Waals surface area contributed by atoms with Gasteiger partial charge >= 0.3 is 0 Å². The van der Waals surface area contributed by atoms with Crippen LogP contribution in [0.1, 0.15) is 32.2 Å². The number of hydrogen-bond acceptors (Lipinski definition) is 2. The number of hydrogen-bond donors (Lipinski definition) is 0. The number of rotatable bonds is 2. The van der Waals surface area contributed by atoms with E-state index in [1.54, 1.807) is 11.3 Å². The van der Waals surface area contributed by atoms with Crippen LogP contribution < -0.4 is 0 Å². The first kappa shape index (κ1) is 10.8. The minimum Gasteiger partial charge on any atom is -0.464 e. The van der Waals surface area contributed by atoms with Crippen LogP contribution in [0.25, 0.3) is 0 Å². The Labute approximate surface area is 98.7 Å². The third-order valence-electron chi connectivity index (χ3n) is 2.32. The molecule has 2 aromatic heterocycles. The highest BCUT2D eigenvalue weighted by Crippen LogP contribution is 2.36. The first-order valence-electron chi connectivity index (χ1n) is 4.85. The molecule has 1 atom stereocenters. The van der Waals surface area contributed by atoms with Gasteiger partial charge in [-0.15, -0.1) is 22.9 Å². The monoisotopic (exact) mass is 240 g/mol. The van der Waals surface area contributed by atoms with Gasteiger partial charge in [0.05, 0.1) is 0 Å². The number of halogens is 1. The summed E-state index contributed by atoms with van der Waals surface area (Å²) in [6.07, 6.45) is 0. The van der Waals surface area contributed by atoms with Crippen molar-refractivity contribution < 1.29 is 4.42 Å². The van der Waals surface area contributed by atoms with Crippen molar-refractivity contribution in [2.75, 3.05) is 0 Å². The van der Waals surface area contributed by atoms with Crippen molar-refractivity contribution in [2.24, 2.45) is 0 Å². The molecule has 0 aliphatic rings. The van der Waals surface area contributed by atoms with E-state index in [4.69, 9.17) is 16.0 Å². The molecule has 0 saturated carbocycles. The lowest BCUT2D eigenvalue weighted by Crippen LogP contribution is -1.89. The molecule has 0 spiro atoms. The van der Waals surface area contributed by atoms with Crippen LogP contribution in [-0.2, 0) is 0 Å². The smallest absolute Gasteiger partial charge is 0.127 e. The molecule has 0 fully saturated rings. The number of furan rings is 1. The highest BCUT2D eigenvalue weighted by atomic mass is 35.5. The molecular weight excluding hydrogens is 228 g/mol. The maximum absolute atomic E-state index is 6.38. The Kier molecular flexibility index (Phi) is 2.89. The molecule has 80 valence electrons. The lowest BCUT2D eigenvalue weighted by Gasteiger charge is -2.04. The van der Waals surface area contributed by atoms with Gasteiger partial charge in [0.2, 0.25) is 0 Å². The second-order valence-electron chi connectivity index (χ2n) is 3.72. The van der Waals surface area contributed by atoms with Crippen LogP contribution in [0.4, 0.5) is 0 Å². The molecular formula is C12H13ClOS. The van der Waals surface area contributed by atoms with Crippen LogP contribution >= 0.6 is 22.9 Å². The van der Waals surface area contributed by atoms with Crippen molar-refractivity contribution in [3.05, 3.63) is 45.0 Å². The van der Waals surface area contributed by atoms with E-state index in [1.807, 2.05) is 19.1 Å². The van der Waals surface area contributed by atoms with Crippen molar-refractivity contribution in [3.63, 3.8) is 0 Å². The molecule has 0 aliphatic carbocycles. The lowest BCUT2D eigenvalue weighted by atomic mass is 10.2. The average Bonchev–Trinajstić information content (AvgIpc) is 2.71. The maximum Gasteiger partial charge on any atom is 0.127 e. The third kappa shape index (κ3) is 2.11. The van der Waals surface area contributed by atoms with Crippen molar-refractivity contribution >= 4 is 22.9 Å². The summed E-state index contributed by atoms with van der Waals surface area (Å²) in [4.78, 5) is 2.47. The summed E-state index contributed by atoms with van der Waals surface area (Å²) < 4.78 is 5.54. The average molecular weight is 241 g/mol. The Balaban J connectivity index is 2.35. The lowest BCUT2D eigenvalue weighted by molar-refractivity contribution is 0.490. The predicted octanol–water partition coefficient (Wildman–Crippen LogP) is 4.59. The predicted molar refractivity (Wildman–Crippen MR) is 64.9 cm³/mol. The van der Waals surface area contributed by atoms with Gasteiger partial charge in [0.15, 0.2) is 0 Å². The first-order chi connectivity index (χ1) is 7.08. The number of aryl methyl sites for hydroxylation is 3. The summed E-state index contributed by atoms with van der Waals surface area (Å²) in [6, 6.07) is 6.05. The minimum atomic E-state index is -0.155. The molecule has 0 radical (unpaired) electrons. The molecule has 2 heterocycles. The third-order valence-corrected chi connectivity index (χ3v) is 4.10. The molecule has 1 unspecified atom stereocenters. The highest BCUT2D eigenvalue weighted by Gasteiger charge is 2.18. The topological polar surface area (TPSA) is 13.1 Å². The Hall–Kier alpha value is -0.730. The van der Waals surface area contributed by atoms with E-state index in [9.17, 15) is 0 Å². The van der Waals surface area contributed by atoms with Gasteiger partial charge in [0, 0.05) is 9.75 Å². The van der Waals surface area contributed by atoms with E-state index >= 15 is 0 Å². The summed E-state index contributed by atoms with van der Waals surface area (Å²) in [7, 11) is 0. The van der Waals surface area contributed by atoms with Crippen LogP contribution in [0.5, 0.6) is 0 Å². The second-order valence-corrected chi connectivity index (χ2v) is 5.44. The zero-order chi connectivity index (χ0) is 11.0. The molecule has 0 N–H and O–H groups in total. The van der Waals surface area contributed by atoms with Crippen LogP contribution in [0, 0.1) is 20.8 Å². The molecule has 1 nitrogen and oxygen atoms in total. The second kappa shape index (κ2) is 4.03. The van der Waals surface area contributed by atoms with Crippen molar-refractivity contribution in [1.82, 2.24) is 0 Å². The molecule has 0 saturated heterocycles. The van der Waals surface area contributed by atoms with E-state index in [2.05, 4.69) is 19.9 Å². The van der Waals surface area contributed by atoms with E-state index < -0.39 is 0 Å². The molecule has 0 bridgehead atoms. The SMILES string of the molecule is Cc1ccc(C(Cl)c2sc(C)cc2C)o1. The standard InChI is InChI=1S/C12H13ClOS/c1-7-6-9(3)15-12(7)11(13)10-5-4-8(2)14-10/h4-6,11H,1-3H3. The van der Waals surface area contributed by atoms with Gasteiger partial charge < -0.3 is 4.42 Å². The summed E-state index contributed by atoms with van der Waals surface area (Å²) >= 11 is 8.11. The Morgan fingerprint density at radius 2 is 2.00 bits per heavy atom. The van der Waals surface area contributed by atoms with Gasteiger partial charge in [-0.3, -0.25) is 0 Å². The summed E-state index contributed by atoms with van der Waals surface area (Å²) in [5.41, 5.74) is 1.24. The van der Waals surface area contributed by atoms with Crippen LogP contribution in [0.15, 0.2) is 22.6 Å². The van der Waals surface area contributed by atoms with Crippen molar-refractivity contribution in [1.29, 1.82) is 0 Å². The Bertz CT molecular complexity index is 470. The van der Waals surface area contributed by atoms with Gasteiger partial charge in [-0.2, -0.15) is 0 Å². The normalized spacial score (nSPS) is 13.1. The number of thiophene rings is 1. The maximum atomic E-state index is 6.38. The fourth-order valence-electron chi connectivity index (χ4n) is 1.63. The fourth-order valence-corrected chi connectivity index (χ4v) is 3.08. The first-order valence-corrected chi connectivity index (χ1v) is 6.10. The van der Waals surface area contributed by atoms with Crippen LogP contribution in [0.3, 0.4) is 0 Å². The molecule has 3 heteroatoms. The van der Waals surface area contributed by atoms with E-state index in [0.29, 0.717) is 0 Å². The van der Waals surface area contributed by atoms with Crippen LogP contribution in [0.2, 0.25) is 0 Å². The highest BCUT2D eigenvalue weighted by molar-refractivity contribution is 7.12. The Morgan fingerprint density at radius 3 is 2.47 bits per heavy atom. The van der Waals surface area contributed by atoms with Gasteiger partial charge in [-0.1, -0.05) is 0 Å². The van der Waals surface area contributed by atoms with Gasteiger partial charge in [0.25, 0.3) is 0 Å². The molecule has 15 heavy (non-hydrogen) atoms. The molecule has 2 rings (SSSR count).